The van der Waals surface area contributed by atoms with Gasteiger partial charge in [-0.3, -0.25) is 9.80 Å². The molecule has 0 spiro atoms. The average molecular weight is 166 g/mol. The number of H-pyrrole nitrogens is 1. The molecule has 1 N–H and O–H groups in total. The van der Waals surface area contributed by atoms with E-state index in [4.69, 9.17) is 0 Å². The van der Waals surface area contributed by atoms with Crippen molar-refractivity contribution in [1.29, 1.82) is 0 Å². The molecule has 0 saturated heterocycles. The maximum absolute atomic E-state index is 3.60. The lowest BCUT2D eigenvalue weighted by atomic mass is 10.4. The normalized spacial score (nSPS) is 7.33. The van der Waals surface area contributed by atoms with Crippen molar-refractivity contribution in [3.8, 4) is 0 Å². The molecule has 0 aliphatic heterocycles. The molecule has 0 saturated carbocycles. The summed E-state index contributed by atoms with van der Waals surface area (Å²) >= 11 is 0. The molecule has 0 amide bonds. The van der Waals surface area contributed by atoms with Crippen LogP contribution in [0.15, 0.2) is 54.9 Å². The third kappa shape index (κ3) is 5.17. The van der Waals surface area contributed by atoms with Gasteiger partial charge < -0.3 is 0 Å². The molecular weight excluding hydrogens is 155 g/mol. The van der Waals surface area contributed by atoms with Crippen molar-refractivity contribution in [1.82, 2.24) is 10.2 Å². The van der Waals surface area contributed by atoms with E-state index in [-0.39, 0.29) is 4.70 Å². The molecule has 1 aromatic heterocycles. The fourth-order valence-corrected chi connectivity index (χ4v) is 0.600. The van der Waals surface area contributed by atoms with Crippen molar-refractivity contribution >= 4 is 0 Å². The second-order valence-corrected chi connectivity index (χ2v) is 1.92. The van der Waals surface area contributed by atoms with Gasteiger partial charge in [0.25, 0.3) is 0 Å². The number of aromatic amines is 1. The predicted octanol–water partition coefficient (Wildman–Crippen LogP) is 2.25. The molecule has 0 aliphatic rings. The summed E-state index contributed by atoms with van der Waals surface area (Å²) in [4.78, 5) is 0. The van der Waals surface area contributed by atoms with Crippen LogP contribution < -0.4 is 0 Å². The van der Waals surface area contributed by atoms with Gasteiger partial charge in [0.2, 0.25) is 0 Å². The van der Waals surface area contributed by atoms with Crippen LogP contribution >= 0.6 is 0 Å². The Morgan fingerprint density at radius 1 is 0.750 bits per heavy atom. The number of hydrogen-bond acceptors (Lipinski definition) is 1. The smallest absolute Gasteiger partial charge is 0.0487 e. The summed E-state index contributed by atoms with van der Waals surface area (Å²) < 4.78 is 0. The largest absolute Gasteiger partial charge is 0.286 e. The maximum atomic E-state index is 3.60. The van der Waals surface area contributed by atoms with E-state index in [9.17, 15) is 0 Å². The van der Waals surface area contributed by atoms with Crippen molar-refractivity contribution in [3.63, 3.8) is 0 Å². The first-order valence-corrected chi connectivity index (χ1v) is 3.44. The van der Waals surface area contributed by atoms with E-state index >= 15 is 0 Å². The number of halogens is 1. The Morgan fingerprint density at radius 3 is 1.42 bits per heavy atom. The number of nitrogens with one attached hydrogen (secondary N) is 1. The van der Waals surface area contributed by atoms with Crippen LogP contribution in [0.1, 0.15) is 0 Å². The monoisotopic (exact) mass is 166 g/mol. The van der Waals surface area contributed by atoms with E-state index in [0.717, 1.165) is 0 Å². The molecule has 2 rings (SSSR count). The third-order valence-electron chi connectivity index (χ3n) is 1.07. The second-order valence-electron chi connectivity index (χ2n) is 1.92. The zero-order chi connectivity index (χ0) is 7.78. The quantitative estimate of drug-likeness (QED) is 0.638. The van der Waals surface area contributed by atoms with Gasteiger partial charge in [-0.05, 0) is 6.07 Å². The predicted molar refractivity (Wildman–Crippen MR) is 47.5 cm³/mol. The lowest BCUT2D eigenvalue weighted by Crippen LogP contribution is -1.53. The highest BCUT2D eigenvalue weighted by Crippen LogP contribution is 1.79. The molecule has 0 bridgehead atoms. The first kappa shape index (κ1) is 10.4. The van der Waals surface area contributed by atoms with Crippen LogP contribution in [0.25, 0.3) is 0 Å². The third-order valence-corrected chi connectivity index (χ3v) is 1.07. The molecule has 3 heteroatoms. The van der Waals surface area contributed by atoms with Crippen molar-refractivity contribution in [2.24, 2.45) is 0 Å². The first-order valence-electron chi connectivity index (χ1n) is 3.44. The zero-order valence-corrected chi connectivity index (χ0v) is 6.55. The molecular formula is C9H11FN2. The SMILES string of the molecule is F.c1ccccc1.c1cn[nH]c1. The van der Waals surface area contributed by atoms with Gasteiger partial charge in [-0.1, -0.05) is 36.4 Å². The van der Waals surface area contributed by atoms with Crippen molar-refractivity contribution in [2.75, 3.05) is 0 Å². The lowest BCUT2D eigenvalue weighted by molar-refractivity contribution is 1.09. The van der Waals surface area contributed by atoms with Gasteiger partial charge in [-0.15, -0.1) is 0 Å². The highest BCUT2D eigenvalue weighted by Gasteiger charge is 1.58. The maximum Gasteiger partial charge on any atom is 0.0487 e. The number of nitrogens with zero attached hydrogens (tertiary/aromatic N) is 1. The van der Waals surface area contributed by atoms with E-state index in [0.29, 0.717) is 0 Å². The van der Waals surface area contributed by atoms with Crippen molar-refractivity contribution < 1.29 is 4.70 Å². The van der Waals surface area contributed by atoms with Crippen LogP contribution in [0.4, 0.5) is 4.70 Å². The summed E-state index contributed by atoms with van der Waals surface area (Å²) in [6.07, 6.45) is 3.46. The van der Waals surface area contributed by atoms with Gasteiger partial charge in [0.1, 0.15) is 0 Å². The minimum Gasteiger partial charge on any atom is -0.286 e. The van der Waals surface area contributed by atoms with Crippen LogP contribution in [0.2, 0.25) is 0 Å². The summed E-state index contributed by atoms with van der Waals surface area (Å²) in [6.45, 7) is 0. The average Bonchev–Trinajstić information content (AvgIpc) is 2.64. The van der Waals surface area contributed by atoms with Gasteiger partial charge in [-0.25, -0.2) is 0 Å². The topological polar surface area (TPSA) is 28.7 Å². The highest BCUT2D eigenvalue weighted by molar-refractivity contribution is 4.99. The lowest BCUT2D eigenvalue weighted by Gasteiger charge is -1.69. The van der Waals surface area contributed by atoms with E-state index in [2.05, 4.69) is 10.2 Å². The molecule has 0 radical (unpaired) electrons. The molecule has 1 aromatic carbocycles. The molecule has 2 aromatic rings. The Balaban J connectivity index is 0.000000189. The minimum absolute atomic E-state index is 0. The summed E-state index contributed by atoms with van der Waals surface area (Å²) in [5, 5.41) is 6.21. The number of benzene rings is 1. The van der Waals surface area contributed by atoms with E-state index in [1.54, 1.807) is 12.4 Å². The summed E-state index contributed by atoms with van der Waals surface area (Å²) in [7, 11) is 0. The molecule has 0 atom stereocenters. The fourth-order valence-electron chi connectivity index (χ4n) is 0.600. The number of aromatic nitrogens is 2. The molecule has 0 fully saturated rings. The van der Waals surface area contributed by atoms with Crippen molar-refractivity contribution in [3.05, 3.63) is 54.9 Å². The Bertz CT molecular complexity index is 198. The zero-order valence-electron chi connectivity index (χ0n) is 6.55. The van der Waals surface area contributed by atoms with Gasteiger partial charge in [0, 0.05) is 12.4 Å². The molecule has 12 heavy (non-hydrogen) atoms. The first-order chi connectivity index (χ1) is 5.50. The van der Waals surface area contributed by atoms with Crippen LogP contribution in [0.3, 0.4) is 0 Å². The van der Waals surface area contributed by atoms with Gasteiger partial charge in [0.05, 0.1) is 0 Å². The Hall–Kier alpha value is -1.64. The van der Waals surface area contributed by atoms with Crippen LogP contribution in [0.5, 0.6) is 0 Å². The number of rotatable bonds is 0. The van der Waals surface area contributed by atoms with E-state index in [1.807, 2.05) is 42.5 Å². The van der Waals surface area contributed by atoms with Gasteiger partial charge >= 0.3 is 0 Å². The van der Waals surface area contributed by atoms with E-state index < -0.39 is 0 Å². The highest BCUT2D eigenvalue weighted by atomic mass is 19.0. The van der Waals surface area contributed by atoms with Gasteiger partial charge in [0.15, 0.2) is 0 Å². The fraction of sp³-hybridized carbons (Fsp3) is 0. The Labute approximate surface area is 70.6 Å². The Kier molecular flexibility index (Phi) is 6.45. The number of hydrogen-bond donors (Lipinski definition) is 1. The summed E-state index contributed by atoms with van der Waals surface area (Å²) in [5.74, 6) is 0. The minimum atomic E-state index is 0. The molecule has 1 heterocycles. The summed E-state index contributed by atoms with van der Waals surface area (Å²) in [5.41, 5.74) is 0. The van der Waals surface area contributed by atoms with Crippen molar-refractivity contribution in [2.45, 2.75) is 0 Å². The van der Waals surface area contributed by atoms with Crippen LogP contribution in [-0.4, -0.2) is 10.2 Å². The molecule has 64 valence electrons. The standard InChI is InChI=1S/C6H6.C3H4N2.FH/c1-2-4-6-5-3-1;1-2-4-5-3-1;/h1-6H;1-3H,(H,4,5);1H. The van der Waals surface area contributed by atoms with Gasteiger partial charge in [-0.2, -0.15) is 5.10 Å². The Morgan fingerprint density at radius 2 is 1.25 bits per heavy atom. The molecule has 0 unspecified atom stereocenters. The molecule has 2 nitrogen and oxygen atoms in total. The van der Waals surface area contributed by atoms with Crippen LogP contribution in [0, 0.1) is 0 Å². The summed E-state index contributed by atoms with van der Waals surface area (Å²) in [6, 6.07) is 13.8. The molecule has 0 aliphatic carbocycles. The van der Waals surface area contributed by atoms with E-state index in [1.165, 1.54) is 0 Å². The van der Waals surface area contributed by atoms with Crippen LogP contribution in [-0.2, 0) is 0 Å². The second kappa shape index (κ2) is 7.47.